The van der Waals surface area contributed by atoms with Crippen LogP contribution in [0, 0.1) is 0 Å². The predicted molar refractivity (Wildman–Crippen MR) is 116 cm³/mol. The molecule has 144 valence electrons. The van der Waals surface area contributed by atoms with Gasteiger partial charge in [-0.25, -0.2) is 0 Å². The molecule has 1 heterocycles. The summed E-state index contributed by atoms with van der Waals surface area (Å²) in [6, 6.07) is 26.5. The third-order valence-corrected chi connectivity index (χ3v) is 4.86. The number of aromatic nitrogens is 2. The Kier molecular flexibility index (Phi) is 5.78. The second kappa shape index (κ2) is 8.99. The Hall–Kier alpha value is -3.71. The number of hydrogen-bond donors (Lipinski definition) is 2. The summed E-state index contributed by atoms with van der Waals surface area (Å²) in [7, 11) is 0. The van der Waals surface area contributed by atoms with Crippen molar-refractivity contribution in [3.8, 4) is 16.3 Å². The number of hydrogen-bond acceptors (Lipinski definition) is 6. The molecule has 0 aliphatic carbocycles. The van der Waals surface area contributed by atoms with E-state index in [2.05, 4.69) is 20.8 Å². The van der Waals surface area contributed by atoms with Crippen LogP contribution in [0.25, 0.3) is 10.6 Å². The number of carbonyl (C=O) groups excluding carboxylic acids is 1. The lowest BCUT2D eigenvalue weighted by molar-refractivity contribution is -0.118. The minimum atomic E-state index is -0.227. The van der Waals surface area contributed by atoms with Crippen molar-refractivity contribution in [3.63, 3.8) is 0 Å². The molecule has 3 aromatic carbocycles. The summed E-state index contributed by atoms with van der Waals surface area (Å²) in [5.74, 6) is 0.354. The Morgan fingerprint density at radius 3 is 2.24 bits per heavy atom. The quantitative estimate of drug-likeness (QED) is 0.457. The zero-order valence-electron chi connectivity index (χ0n) is 15.4. The molecule has 0 aliphatic rings. The molecule has 0 unspecified atom stereocenters. The van der Waals surface area contributed by atoms with Gasteiger partial charge in [-0.2, -0.15) is 0 Å². The largest absolute Gasteiger partial charge is 0.483 e. The number of nitrogens with zero attached hydrogens (tertiary/aromatic N) is 2. The van der Waals surface area contributed by atoms with Gasteiger partial charge < -0.3 is 15.4 Å². The maximum atomic E-state index is 12.2. The topological polar surface area (TPSA) is 76.1 Å². The van der Waals surface area contributed by atoms with Crippen molar-refractivity contribution < 1.29 is 9.53 Å². The van der Waals surface area contributed by atoms with Crippen LogP contribution in [0.2, 0.25) is 0 Å². The molecule has 0 radical (unpaired) electrons. The molecule has 0 fully saturated rings. The van der Waals surface area contributed by atoms with Crippen LogP contribution in [0.5, 0.6) is 5.75 Å². The highest BCUT2D eigenvalue weighted by molar-refractivity contribution is 7.18. The van der Waals surface area contributed by atoms with E-state index in [1.807, 2.05) is 84.9 Å². The van der Waals surface area contributed by atoms with Gasteiger partial charge in [0.05, 0.1) is 5.56 Å². The SMILES string of the molecule is O=C(COc1ccccc1-c1nnc(Nc2ccccc2)s1)Nc1ccccc1. The van der Waals surface area contributed by atoms with Gasteiger partial charge in [0.1, 0.15) is 5.75 Å². The van der Waals surface area contributed by atoms with Gasteiger partial charge in [0, 0.05) is 11.4 Å². The molecule has 29 heavy (non-hydrogen) atoms. The number of para-hydroxylation sites is 3. The molecule has 0 bridgehead atoms. The van der Waals surface area contributed by atoms with Crippen LogP contribution in [-0.4, -0.2) is 22.7 Å². The van der Waals surface area contributed by atoms with Crippen molar-refractivity contribution in [1.29, 1.82) is 0 Å². The maximum Gasteiger partial charge on any atom is 0.262 e. The summed E-state index contributed by atoms with van der Waals surface area (Å²) in [6.07, 6.45) is 0. The van der Waals surface area contributed by atoms with Crippen molar-refractivity contribution in [2.24, 2.45) is 0 Å². The van der Waals surface area contributed by atoms with E-state index in [1.54, 1.807) is 0 Å². The zero-order chi connectivity index (χ0) is 19.9. The van der Waals surface area contributed by atoms with E-state index in [1.165, 1.54) is 11.3 Å². The number of anilines is 3. The number of rotatable bonds is 7. The van der Waals surface area contributed by atoms with Gasteiger partial charge in [0.25, 0.3) is 5.91 Å². The Morgan fingerprint density at radius 1 is 0.828 bits per heavy atom. The highest BCUT2D eigenvalue weighted by Gasteiger charge is 2.13. The van der Waals surface area contributed by atoms with Crippen molar-refractivity contribution in [2.45, 2.75) is 0 Å². The highest BCUT2D eigenvalue weighted by Crippen LogP contribution is 2.34. The summed E-state index contributed by atoms with van der Waals surface area (Å²) in [5.41, 5.74) is 2.46. The fourth-order valence-electron chi connectivity index (χ4n) is 2.66. The van der Waals surface area contributed by atoms with Gasteiger partial charge in [-0.1, -0.05) is 59.9 Å². The first-order valence-electron chi connectivity index (χ1n) is 9.00. The fraction of sp³-hybridized carbons (Fsp3) is 0.0455. The molecular weight excluding hydrogens is 384 g/mol. The molecule has 1 amide bonds. The smallest absolute Gasteiger partial charge is 0.262 e. The molecule has 0 atom stereocenters. The van der Waals surface area contributed by atoms with E-state index < -0.39 is 0 Å². The number of benzene rings is 3. The molecule has 4 aromatic rings. The van der Waals surface area contributed by atoms with Crippen LogP contribution in [0.1, 0.15) is 0 Å². The molecule has 1 aromatic heterocycles. The van der Waals surface area contributed by atoms with Crippen LogP contribution in [0.3, 0.4) is 0 Å². The van der Waals surface area contributed by atoms with E-state index in [4.69, 9.17) is 4.74 Å². The van der Waals surface area contributed by atoms with Gasteiger partial charge in [-0.3, -0.25) is 4.79 Å². The first-order valence-corrected chi connectivity index (χ1v) is 9.82. The molecule has 2 N–H and O–H groups in total. The molecule has 4 rings (SSSR count). The summed E-state index contributed by atoms with van der Waals surface area (Å²) in [6.45, 7) is -0.0974. The van der Waals surface area contributed by atoms with E-state index in [0.717, 1.165) is 16.9 Å². The first kappa shape index (κ1) is 18.6. The number of ether oxygens (including phenoxy) is 1. The van der Waals surface area contributed by atoms with Crippen molar-refractivity contribution in [2.75, 3.05) is 17.2 Å². The molecule has 7 heteroatoms. The third kappa shape index (κ3) is 4.97. The van der Waals surface area contributed by atoms with Gasteiger partial charge >= 0.3 is 0 Å². The molecule has 0 saturated carbocycles. The maximum absolute atomic E-state index is 12.2. The molecule has 0 aliphatic heterocycles. The van der Waals surface area contributed by atoms with Gasteiger partial charge in [0.15, 0.2) is 11.6 Å². The van der Waals surface area contributed by atoms with Crippen LogP contribution in [-0.2, 0) is 4.79 Å². The monoisotopic (exact) mass is 402 g/mol. The van der Waals surface area contributed by atoms with Crippen LogP contribution in [0.4, 0.5) is 16.5 Å². The standard InChI is InChI=1S/C22H18N4O2S/c27-20(23-16-9-3-1-4-10-16)15-28-19-14-8-7-13-18(19)21-25-26-22(29-21)24-17-11-5-2-6-12-17/h1-14H,15H2,(H,23,27)(H,24,26). The minimum absolute atomic E-state index is 0.0974. The normalized spacial score (nSPS) is 10.3. The Bertz CT molecular complexity index is 1080. The Balaban J connectivity index is 1.44. The highest BCUT2D eigenvalue weighted by atomic mass is 32.1. The predicted octanol–water partition coefficient (Wildman–Crippen LogP) is 4.97. The lowest BCUT2D eigenvalue weighted by Crippen LogP contribution is -2.20. The van der Waals surface area contributed by atoms with E-state index in [0.29, 0.717) is 15.9 Å². The Morgan fingerprint density at radius 2 is 1.48 bits per heavy atom. The number of nitrogens with one attached hydrogen (secondary N) is 2. The van der Waals surface area contributed by atoms with Gasteiger partial charge in [-0.15, -0.1) is 10.2 Å². The molecule has 0 spiro atoms. The Labute approximate surface area is 172 Å². The molecule has 0 saturated heterocycles. The van der Waals surface area contributed by atoms with Crippen LogP contribution in [0.15, 0.2) is 84.9 Å². The summed E-state index contributed by atoms with van der Waals surface area (Å²) >= 11 is 1.42. The molecule has 6 nitrogen and oxygen atoms in total. The lowest BCUT2D eigenvalue weighted by Gasteiger charge is -2.10. The zero-order valence-corrected chi connectivity index (χ0v) is 16.2. The van der Waals surface area contributed by atoms with Crippen LogP contribution >= 0.6 is 11.3 Å². The van der Waals surface area contributed by atoms with E-state index in [-0.39, 0.29) is 12.5 Å². The van der Waals surface area contributed by atoms with E-state index >= 15 is 0 Å². The van der Waals surface area contributed by atoms with Crippen molar-refractivity contribution in [1.82, 2.24) is 10.2 Å². The average molecular weight is 402 g/mol. The van der Waals surface area contributed by atoms with Gasteiger partial charge in [-0.05, 0) is 36.4 Å². The summed E-state index contributed by atoms with van der Waals surface area (Å²) < 4.78 is 5.76. The number of carbonyl (C=O) groups is 1. The molecular formula is C22H18N4O2S. The number of amides is 1. The van der Waals surface area contributed by atoms with Gasteiger partial charge in [0.2, 0.25) is 5.13 Å². The van der Waals surface area contributed by atoms with Crippen LogP contribution < -0.4 is 15.4 Å². The lowest BCUT2D eigenvalue weighted by atomic mass is 10.2. The average Bonchev–Trinajstić information content (AvgIpc) is 3.22. The van der Waals surface area contributed by atoms with Crippen molar-refractivity contribution >= 4 is 33.8 Å². The second-order valence-electron chi connectivity index (χ2n) is 6.10. The second-order valence-corrected chi connectivity index (χ2v) is 7.08. The minimum Gasteiger partial charge on any atom is -0.483 e. The van der Waals surface area contributed by atoms with Crippen molar-refractivity contribution in [3.05, 3.63) is 84.9 Å². The summed E-state index contributed by atoms with van der Waals surface area (Å²) in [5, 5.41) is 15.9. The van der Waals surface area contributed by atoms with E-state index in [9.17, 15) is 4.79 Å². The summed E-state index contributed by atoms with van der Waals surface area (Å²) in [4.78, 5) is 12.2. The fourth-order valence-corrected chi connectivity index (χ4v) is 3.45. The first-order chi connectivity index (χ1) is 14.3. The third-order valence-electron chi connectivity index (χ3n) is 3.98.